The molecule has 94 valence electrons. The quantitative estimate of drug-likeness (QED) is 0.728. The van der Waals surface area contributed by atoms with Crippen LogP contribution in [0.25, 0.3) is 0 Å². The third-order valence-electron chi connectivity index (χ3n) is 2.73. The van der Waals surface area contributed by atoms with Crippen LogP contribution in [0.15, 0.2) is 4.52 Å². The summed E-state index contributed by atoms with van der Waals surface area (Å²) in [6.45, 7) is 2.70. The van der Waals surface area contributed by atoms with Gasteiger partial charge < -0.3 is 19.9 Å². The molecule has 1 saturated heterocycles. The number of methoxy groups -OCH3 is 1. The number of hydrogen-bond donors (Lipinski definition) is 2. The Kier molecular flexibility index (Phi) is 3.70. The summed E-state index contributed by atoms with van der Waals surface area (Å²) < 4.78 is 9.98. The highest BCUT2D eigenvalue weighted by molar-refractivity contribution is 5.82. The van der Waals surface area contributed by atoms with Gasteiger partial charge in [-0.05, 0) is 6.42 Å². The maximum absolute atomic E-state index is 11.8. The third-order valence-corrected chi connectivity index (χ3v) is 2.73. The highest BCUT2D eigenvalue weighted by Crippen LogP contribution is 2.09. The zero-order valence-corrected chi connectivity index (χ0v) is 9.90. The first-order chi connectivity index (χ1) is 8.19. The van der Waals surface area contributed by atoms with Gasteiger partial charge in [0.1, 0.15) is 0 Å². The molecule has 0 aliphatic carbocycles. The first-order valence-electron chi connectivity index (χ1n) is 5.52. The number of nitrogens with zero attached hydrogens (tertiary/aromatic N) is 2. The van der Waals surface area contributed by atoms with Gasteiger partial charge in [0.15, 0.2) is 5.82 Å². The van der Waals surface area contributed by atoms with E-state index in [4.69, 9.17) is 9.26 Å². The molecule has 1 amide bonds. The van der Waals surface area contributed by atoms with E-state index < -0.39 is 0 Å². The van der Waals surface area contributed by atoms with E-state index in [9.17, 15) is 4.79 Å². The predicted molar refractivity (Wildman–Crippen MR) is 58.1 cm³/mol. The van der Waals surface area contributed by atoms with Crippen molar-refractivity contribution in [2.75, 3.05) is 13.7 Å². The molecule has 2 atom stereocenters. The predicted octanol–water partition coefficient (Wildman–Crippen LogP) is -0.629. The smallest absolute Gasteiger partial charge is 0.237 e. The van der Waals surface area contributed by atoms with E-state index in [1.807, 2.05) is 0 Å². The van der Waals surface area contributed by atoms with Gasteiger partial charge in [0, 0.05) is 20.6 Å². The summed E-state index contributed by atoms with van der Waals surface area (Å²) in [5, 5.41) is 9.55. The summed E-state index contributed by atoms with van der Waals surface area (Å²) in [6.07, 6.45) is 0.798. The number of amides is 1. The highest BCUT2D eigenvalue weighted by atomic mass is 16.5. The lowest BCUT2D eigenvalue weighted by molar-refractivity contribution is -0.123. The Morgan fingerprint density at radius 1 is 1.71 bits per heavy atom. The first-order valence-corrected chi connectivity index (χ1v) is 5.52. The standard InChI is InChI=1S/C10H16N4O3/c1-6-13-9(14-17-6)5-12-10(15)8-3-7(16-2)4-11-8/h7-8,11H,3-5H2,1-2H3,(H,12,15). The average molecular weight is 240 g/mol. The van der Waals surface area contributed by atoms with Gasteiger partial charge in [-0.15, -0.1) is 0 Å². The molecule has 1 aliphatic heterocycles. The molecule has 0 aromatic carbocycles. The fraction of sp³-hybridized carbons (Fsp3) is 0.700. The lowest BCUT2D eigenvalue weighted by Gasteiger charge is -2.09. The van der Waals surface area contributed by atoms with Crippen molar-refractivity contribution in [2.24, 2.45) is 0 Å². The molecular formula is C10H16N4O3. The molecule has 0 bridgehead atoms. The number of nitrogens with one attached hydrogen (secondary N) is 2. The summed E-state index contributed by atoms with van der Waals surface area (Å²) in [5.74, 6) is 0.914. The summed E-state index contributed by atoms with van der Waals surface area (Å²) >= 11 is 0. The fourth-order valence-electron chi connectivity index (χ4n) is 1.79. The Morgan fingerprint density at radius 3 is 3.12 bits per heavy atom. The van der Waals surface area contributed by atoms with Crippen molar-refractivity contribution < 1.29 is 14.1 Å². The number of carbonyl (C=O) groups excluding carboxylic acids is 1. The molecule has 17 heavy (non-hydrogen) atoms. The molecule has 2 unspecified atom stereocenters. The SMILES string of the molecule is COC1CNC(C(=O)NCc2noc(C)n2)C1. The van der Waals surface area contributed by atoms with Crippen LogP contribution in [0.3, 0.4) is 0 Å². The van der Waals surface area contributed by atoms with E-state index in [-0.39, 0.29) is 24.6 Å². The molecule has 1 aromatic heterocycles. The zero-order valence-electron chi connectivity index (χ0n) is 9.90. The van der Waals surface area contributed by atoms with Gasteiger partial charge in [-0.2, -0.15) is 4.98 Å². The summed E-state index contributed by atoms with van der Waals surface area (Å²) in [4.78, 5) is 15.8. The maximum Gasteiger partial charge on any atom is 0.237 e. The number of hydrogen-bond acceptors (Lipinski definition) is 6. The Labute approximate surface area is 98.9 Å². The molecule has 2 heterocycles. The zero-order chi connectivity index (χ0) is 12.3. The van der Waals surface area contributed by atoms with Crippen LogP contribution in [0.4, 0.5) is 0 Å². The Hall–Kier alpha value is -1.47. The van der Waals surface area contributed by atoms with Crippen molar-refractivity contribution in [3.8, 4) is 0 Å². The van der Waals surface area contributed by atoms with Crippen LogP contribution in [0.1, 0.15) is 18.1 Å². The van der Waals surface area contributed by atoms with Crippen LogP contribution in [0.5, 0.6) is 0 Å². The number of aryl methyl sites for hydroxylation is 1. The van der Waals surface area contributed by atoms with Gasteiger partial charge in [-0.1, -0.05) is 5.16 Å². The van der Waals surface area contributed by atoms with E-state index in [1.54, 1.807) is 14.0 Å². The molecule has 2 N–H and O–H groups in total. The Balaban J connectivity index is 1.78. The lowest BCUT2D eigenvalue weighted by atomic mass is 10.2. The molecule has 2 rings (SSSR count). The van der Waals surface area contributed by atoms with Crippen LogP contribution in [0.2, 0.25) is 0 Å². The van der Waals surface area contributed by atoms with Gasteiger partial charge in [0.2, 0.25) is 11.8 Å². The van der Waals surface area contributed by atoms with Gasteiger partial charge in [0.25, 0.3) is 0 Å². The highest BCUT2D eigenvalue weighted by Gasteiger charge is 2.29. The molecule has 0 spiro atoms. The van der Waals surface area contributed by atoms with Crippen molar-refractivity contribution in [2.45, 2.75) is 32.0 Å². The normalized spacial score (nSPS) is 23.9. The van der Waals surface area contributed by atoms with Crippen molar-refractivity contribution in [1.29, 1.82) is 0 Å². The van der Waals surface area contributed by atoms with E-state index in [1.165, 1.54) is 0 Å². The van der Waals surface area contributed by atoms with Gasteiger partial charge in [-0.3, -0.25) is 4.79 Å². The summed E-state index contributed by atoms with van der Waals surface area (Å²) in [5.41, 5.74) is 0. The van der Waals surface area contributed by atoms with Crippen molar-refractivity contribution in [3.05, 3.63) is 11.7 Å². The van der Waals surface area contributed by atoms with Crippen LogP contribution in [-0.4, -0.2) is 41.8 Å². The van der Waals surface area contributed by atoms with Gasteiger partial charge in [-0.25, -0.2) is 0 Å². The monoisotopic (exact) mass is 240 g/mol. The maximum atomic E-state index is 11.8. The summed E-state index contributed by atoms with van der Waals surface area (Å²) in [6, 6.07) is -0.201. The van der Waals surface area contributed by atoms with Crippen LogP contribution < -0.4 is 10.6 Å². The third kappa shape index (κ3) is 3.01. The Bertz CT molecular complexity index is 393. The topological polar surface area (TPSA) is 89.3 Å². The molecule has 1 aromatic rings. The molecule has 0 saturated carbocycles. The molecule has 7 nitrogen and oxygen atoms in total. The van der Waals surface area contributed by atoms with Crippen molar-refractivity contribution in [1.82, 2.24) is 20.8 Å². The lowest BCUT2D eigenvalue weighted by Crippen LogP contribution is -2.40. The molecule has 1 fully saturated rings. The number of aromatic nitrogens is 2. The van der Waals surface area contributed by atoms with Gasteiger partial charge >= 0.3 is 0 Å². The number of rotatable bonds is 4. The van der Waals surface area contributed by atoms with Crippen LogP contribution in [-0.2, 0) is 16.1 Å². The number of carbonyl (C=O) groups is 1. The fourth-order valence-corrected chi connectivity index (χ4v) is 1.79. The first kappa shape index (κ1) is 12.0. The Morgan fingerprint density at radius 2 is 2.53 bits per heavy atom. The van der Waals surface area contributed by atoms with E-state index in [2.05, 4.69) is 20.8 Å². The summed E-state index contributed by atoms with van der Waals surface area (Å²) in [7, 11) is 1.65. The second-order valence-electron chi connectivity index (χ2n) is 4.00. The minimum Gasteiger partial charge on any atom is -0.380 e. The van der Waals surface area contributed by atoms with E-state index in [0.29, 0.717) is 24.7 Å². The minimum absolute atomic E-state index is 0.0630. The molecule has 1 aliphatic rings. The van der Waals surface area contributed by atoms with Gasteiger partial charge in [0.05, 0.1) is 18.7 Å². The number of ether oxygens (including phenoxy) is 1. The van der Waals surface area contributed by atoms with Crippen LogP contribution >= 0.6 is 0 Å². The average Bonchev–Trinajstić information content (AvgIpc) is 2.94. The largest absolute Gasteiger partial charge is 0.380 e. The van der Waals surface area contributed by atoms with E-state index >= 15 is 0 Å². The van der Waals surface area contributed by atoms with Crippen LogP contribution in [0, 0.1) is 6.92 Å². The molecule has 7 heteroatoms. The van der Waals surface area contributed by atoms with Crippen molar-refractivity contribution in [3.63, 3.8) is 0 Å². The molecular weight excluding hydrogens is 224 g/mol. The van der Waals surface area contributed by atoms with Crippen molar-refractivity contribution >= 4 is 5.91 Å². The molecule has 0 radical (unpaired) electrons. The van der Waals surface area contributed by atoms with E-state index in [0.717, 1.165) is 0 Å². The second kappa shape index (κ2) is 5.24. The second-order valence-corrected chi connectivity index (χ2v) is 4.00. The minimum atomic E-state index is -0.201.